The molecule has 0 atom stereocenters. The van der Waals surface area contributed by atoms with Gasteiger partial charge in [0.25, 0.3) is 0 Å². The van der Waals surface area contributed by atoms with Gasteiger partial charge in [0.1, 0.15) is 5.82 Å². The number of rotatable bonds is 4. The van der Waals surface area contributed by atoms with E-state index in [0.717, 1.165) is 0 Å². The molecular weight excluding hydrogens is 247 g/mol. The van der Waals surface area contributed by atoms with Gasteiger partial charge in [0.2, 0.25) is 0 Å². The minimum atomic E-state index is -0.297. The van der Waals surface area contributed by atoms with E-state index >= 15 is 0 Å². The SMILES string of the molecule is COc1ccc(/C=N/Nc2ccc(F)cc2)cc1O. The van der Waals surface area contributed by atoms with Crippen molar-refractivity contribution in [2.24, 2.45) is 5.10 Å². The number of anilines is 1. The van der Waals surface area contributed by atoms with E-state index in [1.807, 2.05) is 0 Å². The van der Waals surface area contributed by atoms with E-state index in [9.17, 15) is 9.50 Å². The van der Waals surface area contributed by atoms with Crippen LogP contribution >= 0.6 is 0 Å². The van der Waals surface area contributed by atoms with E-state index in [1.54, 1.807) is 30.5 Å². The van der Waals surface area contributed by atoms with Crippen molar-refractivity contribution in [1.82, 2.24) is 0 Å². The first-order valence-electron chi connectivity index (χ1n) is 5.60. The summed E-state index contributed by atoms with van der Waals surface area (Å²) in [6.45, 7) is 0. The zero-order chi connectivity index (χ0) is 13.7. The van der Waals surface area contributed by atoms with Crippen LogP contribution in [0.5, 0.6) is 11.5 Å². The summed E-state index contributed by atoms with van der Waals surface area (Å²) in [6.07, 6.45) is 1.54. The van der Waals surface area contributed by atoms with Gasteiger partial charge in [0.15, 0.2) is 11.5 Å². The van der Waals surface area contributed by atoms with Gasteiger partial charge in [-0.05, 0) is 48.0 Å². The average molecular weight is 260 g/mol. The molecule has 5 heteroatoms. The molecule has 2 N–H and O–H groups in total. The van der Waals surface area contributed by atoms with Crippen LogP contribution in [-0.2, 0) is 0 Å². The maximum absolute atomic E-state index is 12.7. The van der Waals surface area contributed by atoms with E-state index in [1.165, 1.54) is 25.3 Å². The van der Waals surface area contributed by atoms with Gasteiger partial charge in [-0.15, -0.1) is 0 Å². The van der Waals surface area contributed by atoms with Crippen LogP contribution in [-0.4, -0.2) is 18.4 Å². The zero-order valence-electron chi connectivity index (χ0n) is 10.3. The average Bonchev–Trinajstić information content (AvgIpc) is 2.41. The molecule has 0 aliphatic carbocycles. The van der Waals surface area contributed by atoms with Crippen molar-refractivity contribution in [3.63, 3.8) is 0 Å². The molecule has 2 aromatic rings. The molecular formula is C14H13FN2O2. The third-order valence-corrected chi connectivity index (χ3v) is 2.45. The molecule has 0 saturated heterocycles. The Morgan fingerprint density at radius 1 is 1.21 bits per heavy atom. The second-order valence-corrected chi connectivity index (χ2v) is 3.81. The molecule has 0 fully saturated rings. The summed E-state index contributed by atoms with van der Waals surface area (Å²) in [7, 11) is 1.49. The summed E-state index contributed by atoms with van der Waals surface area (Å²) < 4.78 is 17.6. The number of benzene rings is 2. The Morgan fingerprint density at radius 2 is 1.95 bits per heavy atom. The molecule has 0 spiro atoms. The minimum Gasteiger partial charge on any atom is -0.504 e. The normalized spacial score (nSPS) is 10.6. The third-order valence-electron chi connectivity index (χ3n) is 2.45. The summed E-state index contributed by atoms with van der Waals surface area (Å²) in [5, 5.41) is 13.6. The Labute approximate surface area is 110 Å². The molecule has 2 aromatic carbocycles. The number of nitrogens with zero attached hydrogens (tertiary/aromatic N) is 1. The Hall–Kier alpha value is -2.56. The van der Waals surface area contributed by atoms with Gasteiger partial charge in [0, 0.05) is 0 Å². The second kappa shape index (κ2) is 5.86. The molecule has 0 radical (unpaired) electrons. The smallest absolute Gasteiger partial charge is 0.160 e. The van der Waals surface area contributed by atoms with E-state index < -0.39 is 0 Å². The van der Waals surface area contributed by atoms with Crippen LogP contribution in [0.2, 0.25) is 0 Å². The third kappa shape index (κ3) is 3.45. The summed E-state index contributed by atoms with van der Waals surface area (Å²) in [5.74, 6) is 0.159. The molecule has 0 amide bonds. The Kier molecular flexibility index (Phi) is 3.97. The molecule has 0 aromatic heterocycles. The van der Waals surface area contributed by atoms with Crippen molar-refractivity contribution in [2.75, 3.05) is 12.5 Å². The zero-order valence-corrected chi connectivity index (χ0v) is 10.3. The first kappa shape index (κ1) is 12.9. The number of methoxy groups -OCH3 is 1. The largest absolute Gasteiger partial charge is 0.504 e. The van der Waals surface area contributed by atoms with Crippen LogP contribution in [0, 0.1) is 5.82 Å². The first-order chi connectivity index (χ1) is 9.19. The van der Waals surface area contributed by atoms with Crippen LogP contribution in [0.3, 0.4) is 0 Å². The Balaban J connectivity index is 2.02. The molecule has 0 unspecified atom stereocenters. The van der Waals surface area contributed by atoms with Gasteiger partial charge in [-0.3, -0.25) is 5.43 Å². The molecule has 0 aliphatic rings. The lowest BCUT2D eigenvalue weighted by molar-refractivity contribution is 0.373. The van der Waals surface area contributed by atoms with Crippen molar-refractivity contribution in [3.05, 3.63) is 53.8 Å². The number of halogens is 1. The number of phenolic OH excluding ortho intramolecular Hbond substituents is 1. The van der Waals surface area contributed by atoms with Crippen LogP contribution < -0.4 is 10.2 Å². The maximum atomic E-state index is 12.7. The van der Waals surface area contributed by atoms with Gasteiger partial charge in [-0.1, -0.05) is 0 Å². The van der Waals surface area contributed by atoms with E-state index in [0.29, 0.717) is 17.0 Å². The van der Waals surface area contributed by atoms with E-state index in [2.05, 4.69) is 10.5 Å². The second-order valence-electron chi connectivity index (χ2n) is 3.81. The summed E-state index contributed by atoms with van der Waals surface area (Å²) in [5.41, 5.74) is 4.15. The maximum Gasteiger partial charge on any atom is 0.160 e. The summed E-state index contributed by atoms with van der Waals surface area (Å²) in [4.78, 5) is 0. The minimum absolute atomic E-state index is 0.0493. The van der Waals surface area contributed by atoms with Gasteiger partial charge >= 0.3 is 0 Å². The number of phenols is 1. The van der Waals surface area contributed by atoms with Crippen molar-refractivity contribution < 1.29 is 14.2 Å². The van der Waals surface area contributed by atoms with Crippen molar-refractivity contribution in [2.45, 2.75) is 0 Å². The topological polar surface area (TPSA) is 53.8 Å². The lowest BCUT2D eigenvalue weighted by atomic mass is 10.2. The fourth-order valence-corrected chi connectivity index (χ4v) is 1.49. The Bertz CT molecular complexity index is 582. The predicted molar refractivity (Wildman–Crippen MR) is 72.3 cm³/mol. The standard InChI is InChI=1S/C14H13FN2O2/c1-19-14-7-2-10(8-13(14)18)9-16-17-12-5-3-11(15)4-6-12/h2-9,17-18H,1H3/b16-9+. The van der Waals surface area contributed by atoms with E-state index in [4.69, 9.17) is 4.74 Å². The van der Waals surface area contributed by atoms with E-state index in [-0.39, 0.29) is 11.6 Å². The predicted octanol–water partition coefficient (Wildman–Crippen LogP) is 2.99. The molecule has 0 saturated carbocycles. The summed E-state index contributed by atoms with van der Waals surface area (Å²) >= 11 is 0. The Morgan fingerprint density at radius 3 is 2.58 bits per heavy atom. The molecule has 0 aliphatic heterocycles. The van der Waals surface area contributed by atoms with Crippen LogP contribution in [0.25, 0.3) is 0 Å². The van der Waals surface area contributed by atoms with Crippen molar-refractivity contribution >= 4 is 11.9 Å². The molecule has 19 heavy (non-hydrogen) atoms. The van der Waals surface area contributed by atoms with Crippen LogP contribution in [0.15, 0.2) is 47.6 Å². The van der Waals surface area contributed by atoms with Gasteiger partial charge < -0.3 is 9.84 Å². The molecule has 4 nitrogen and oxygen atoms in total. The number of hydrogen-bond donors (Lipinski definition) is 2. The van der Waals surface area contributed by atoms with Gasteiger partial charge in [-0.25, -0.2) is 4.39 Å². The lowest BCUT2D eigenvalue weighted by Crippen LogP contribution is -1.91. The summed E-state index contributed by atoms with van der Waals surface area (Å²) in [6, 6.07) is 10.8. The van der Waals surface area contributed by atoms with Gasteiger partial charge in [0.05, 0.1) is 19.0 Å². The fourth-order valence-electron chi connectivity index (χ4n) is 1.49. The lowest BCUT2D eigenvalue weighted by Gasteiger charge is -2.03. The van der Waals surface area contributed by atoms with Crippen LogP contribution in [0.1, 0.15) is 5.56 Å². The highest BCUT2D eigenvalue weighted by atomic mass is 19.1. The number of nitrogens with one attached hydrogen (secondary N) is 1. The van der Waals surface area contributed by atoms with Crippen LogP contribution in [0.4, 0.5) is 10.1 Å². The van der Waals surface area contributed by atoms with Crippen molar-refractivity contribution in [3.8, 4) is 11.5 Å². The quantitative estimate of drug-likeness (QED) is 0.656. The van der Waals surface area contributed by atoms with Crippen molar-refractivity contribution in [1.29, 1.82) is 0 Å². The highest BCUT2D eigenvalue weighted by molar-refractivity contribution is 5.81. The first-order valence-corrected chi connectivity index (χ1v) is 5.60. The molecule has 2 rings (SSSR count). The fraction of sp³-hybridized carbons (Fsp3) is 0.0714. The number of ether oxygens (including phenoxy) is 1. The highest BCUT2D eigenvalue weighted by Gasteiger charge is 2.00. The number of aromatic hydroxyl groups is 1. The number of hydrazone groups is 1. The molecule has 0 bridgehead atoms. The monoisotopic (exact) mass is 260 g/mol. The van der Waals surface area contributed by atoms with Gasteiger partial charge in [-0.2, -0.15) is 5.10 Å². The highest BCUT2D eigenvalue weighted by Crippen LogP contribution is 2.25. The molecule has 0 heterocycles. The number of hydrogen-bond acceptors (Lipinski definition) is 4. The molecule has 98 valence electrons.